The van der Waals surface area contributed by atoms with Crippen LogP contribution in [0.5, 0.6) is 0 Å². The molecule has 0 saturated heterocycles. The van der Waals surface area contributed by atoms with Gasteiger partial charge in [0.25, 0.3) is 0 Å². The van der Waals surface area contributed by atoms with Gasteiger partial charge in [0.2, 0.25) is 5.89 Å². The van der Waals surface area contributed by atoms with Gasteiger partial charge in [-0.1, -0.05) is 26.7 Å². The molecule has 0 aromatic carbocycles. The molecule has 1 aliphatic carbocycles. The molecule has 90 valence electrons. The van der Waals surface area contributed by atoms with E-state index in [2.05, 4.69) is 18.8 Å². The number of oxazole rings is 1. The first-order valence-electron chi connectivity index (χ1n) is 6.31. The average molecular weight is 222 g/mol. The Hall–Kier alpha value is -0.830. The van der Waals surface area contributed by atoms with E-state index in [0.29, 0.717) is 18.4 Å². The van der Waals surface area contributed by atoms with Crippen molar-refractivity contribution in [3.63, 3.8) is 0 Å². The van der Waals surface area contributed by atoms with Crippen molar-refractivity contribution in [3.05, 3.63) is 17.8 Å². The van der Waals surface area contributed by atoms with Crippen LogP contribution in [0.25, 0.3) is 0 Å². The van der Waals surface area contributed by atoms with E-state index >= 15 is 0 Å². The lowest BCUT2D eigenvalue weighted by Crippen LogP contribution is -2.23. The lowest BCUT2D eigenvalue weighted by atomic mass is 9.77. The Balaban J connectivity index is 2.24. The SMILES string of the molecule is CC(C)CC1(c2cnc(CN)o2)CCCC1. The fourth-order valence-electron chi connectivity index (χ4n) is 3.03. The second-order valence-corrected chi connectivity index (χ2v) is 5.41. The lowest BCUT2D eigenvalue weighted by molar-refractivity contribution is 0.277. The van der Waals surface area contributed by atoms with E-state index in [0.717, 1.165) is 5.76 Å². The Bertz CT molecular complexity index is 337. The molecule has 1 aromatic rings. The summed E-state index contributed by atoms with van der Waals surface area (Å²) in [6.45, 7) is 4.96. The van der Waals surface area contributed by atoms with Crippen molar-refractivity contribution in [3.8, 4) is 0 Å². The smallest absolute Gasteiger partial charge is 0.208 e. The number of nitrogens with two attached hydrogens (primary N) is 1. The van der Waals surface area contributed by atoms with Crippen molar-refractivity contribution < 1.29 is 4.42 Å². The normalized spacial score (nSPS) is 19.5. The van der Waals surface area contributed by atoms with Crippen molar-refractivity contribution in [2.75, 3.05) is 0 Å². The number of hydrogen-bond acceptors (Lipinski definition) is 3. The number of hydrogen-bond donors (Lipinski definition) is 1. The van der Waals surface area contributed by atoms with Gasteiger partial charge in [0.15, 0.2) is 0 Å². The predicted molar refractivity (Wildman–Crippen MR) is 64.0 cm³/mol. The second kappa shape index (κ2) is 4.58. The Morgan fingerprint density at radius 1 is 1.44 bits per heavy atom. The van der Waals surface area contributed by atoms with Gasteiger partial charge in [-0.15, -0.1) is 0 Å². The van der Waals surface area contributed by atoms with Gasteiger partial charge >= 0.3 is 0 Å². The standard InChI is InChI=1S/C13H22N2O/c1-10(2)7-13(5-3-4-6-13)11-9-15-12(8-14)16-11/h9-10H,3-8,14H2,1-2H3. The van der Waals surface area contributed by atoms with Crippen LogP contribution < -0.4 is 5.73 Å². The van der Waals surface area contributed by atoms with E-state index in [1.54, 1.807) is 0 Å². The monoisotopic (exact) mass is 222 g/mol. The predicted octanol–water partition coefficient (Wildman–Crippen LogP) is 2.99. The first-order chi connectivity index (χ1) is 7.66. The molecule has 1 aliphatic rings. The highest BCUT2D eigenvalue weighted by molar-refractivity contribution is 5.14. The second-order valence-electron chi connectivity index (χ2n) is 5.41. The minimum absolute atomic E-state index is 0.245. The van der Waals surface area contributed by atoms with E-state index in [1.165, 1.54) is 32.1 Å². The minimum Gasteiger partial charge on any atom is -0.444 e. The Morgan fingerprint density at radius 3 is 2.62 bits per heavy atom. The molecule has 0 unspecified atom stereocenters. The summed E-state index contributed by atoms with van der Waals surface area (Å²) in [7, 11) is 0. The highest BCUT2D eigenvalue weighted by Crippen LogP contribution is 2.45. The third-order valence-electron chi connectivity index (χ3n) is 3.61. The molecular formula is C13H22N2O. The van der Waals surface area contributed by atoms with E-state index < -0.39 is 0 Å². The van der Waals surface area contributed by atoms with Crippen molar-refractivity contribution in [2.45, 2.75) is 57.9 Å². The molecule has 3 nitrogen and oxygen atoms in total. The number of aromatic nitrogens is 1. The molecule has 16 heavy (non-hydrogen) atoms. The average Bonchev–Trinajstić information content (AvgIpc) is 2.84. The third-order valence-corrected chi connectivity index (χ3v) is 3.61. The summed E-state index contributed by atoms with van der Waals surface area (Å²) in [5, 5.41) is 0. The maximum Gasteiger partial charge on any atom is 0.208 e. The lowest BCUT2D eigenvalue weighted by Gasteiger charge is -2.28. The van der Waals surface area contributed by atoms with E-state index in [4.69, 9.17) is 10.2 Å². The Morgan fingerprint density at radius 2 is 2.12 bits per heavy atom. The molecule has 0 radical (unpaired) electrons. The fourth-order valence-corrected chi connectivity index (χ4v) is 3.03. The summed E-state index contributed by atoms with van der Waals surface area (Å²) >= 11 is 0. The van der Waals surface area contributed by atoms with Gasteiger partial charge in [-0.3, -0.25) is 0 Å². The molecule has 0 amide bonds. The zero-order valence-corrected chi connectivity index (χ0v) is 10.3. The zero-order valence-electron chi connectivity index (χ0n) is 10.3. The molecule has 0 bridgehead atoms. The molecular weight excluding hydrogens is 200 g/mol. The number of rotatable bonds is 4. The third kappa shape index (κ3) is 2.14. The molecule has 1 fully saturated rings. The first kappa shape index (κ1) is 11.6. The fraction of sp³-hybridized carbons (Fsp3) is 0.769. The van der Waals surface area contributed by atoms with Crippen LogP contribution in [0.3, 0.4) is 0 Å². The van der Waals surface area contributed by atoms with E-state index in [-0.39, 0.29) is 5.41 Å². The van der Waals surface area contributed by atoms with Crippen LogP contribution in [-0.2, 0) is 12.0 Å². The van der Waals surface area contributed by atoms with Crippen molar-refractivity contribution in [1.29, 1.82) is 0 Å². The van der Waals surface area contributed by atoms with Crippen LogP contribution in [0.4, 0.5) is 0 Å². The molecule has 0 atom stereocenters. The summed E-state index contributed by atoms with van der Waals surface area (Å²) in [5.74, 6) is 2.44. The molecule has 2 rings (SSSR count). The van der Waals surface area contributed by atoms with Crippen molar-refractivity contribution >= 4 is 0 Å². The van der Waals surface area contributed by atoms with Crippen LogP contribution in [0.1, 0.15) is 57.6 Å². The van der Waals surface area contributed by atoms with Crippen LogP contribution in [0.15, 0.2) is 10.6 Å². The molecule has 1 aromatic heterocycles. The van der Waals surface area contributed by atoms with Gasteiger partial charge in [-0.2, -0.15) is 0 Å². The minimum atomic E-state index is 0.245. The maximum atomic E-state index is 5.78. The Labute approximate surface area is 97.4 Å². The molecule has 1 saturated carbocycles. The largest absolute Gasteiger partial charge is 0.444 e. The Kier molecular flexibility index (Phi) is 3.33. The summed E-state index contributed by atoms with van der Waals surface area (Å²) in [4.78, 5) is 4.24. The topological polar surface area (TPSA) is 52.0 Å². The molecule has 1 heterocycles. The van der Waals surface area contributed by atoms with Crippen molar-refractivity contribution in [1.82, 2.24) is 4.98 Å². The van der Waals surface area contributed by atoms with E-state index in [1.807, 2.05) is 6.20 Å². The van der Waals surface area contributed by atoms with Crippen LogP contribution in [0, 0.1) is 5.92 Å². The molecule has 0 aliphatic heterocycles. The van der Waals surface area contributed by atoms with Gasteiger partial charge < -0.3 is 10.2 Å². The highest BCUT2D eigenvalue weighted by atomic mass is 16.4. The van der Waals surface area contributed by atoms with Gasteiger partial charge in [-0.05, 0) is 25.2 Å². The molecule has 0 spiro atoms. The summed E-state index contributed by atoms with van der Waals surface area (Å²) in [5.41, 5.74) is 5.79. The highest BCUT2D eigenvalue weighted by Gasteiger charge is 2.39. The maximum absolute atomic E-state index is 5.78. The van der Waals surface area contributed by atoms with Crippen molar-refractivity contribution in [2.24, 2.45) is 11.7 Å². The molecule has 3 heteroatoms. The zero-order chi connectivity index (χ0) is 11.6. The van der Waals surface area contributed by atoms with Crippen LogP contribution in [-0.4, -0.2) is 4.98 Å². The molecule has 2 N–H and O–H groups in total. The van der Waals surface area contributed by atoms with Crippen LogP contribution >= 0.6 is 0 Å². The summed E-state index contributed by atoms with van der Waals surface area (Å²) < 4.78 is 5.78. The van der Waals surface area contributed by atoms with E-state index in [9.17, 15) is 0 Å². The van der Waals surface area contributed by atoms with Gasteiger partial charge in [0, 0.05) is 5.41 Å². The van der Waals surface area contributed by atoms with Crippen LogP contribution in [0.2, 0.25) is 0 Å². The van der Waals surface area contributed by atoms with Gasteiger partial charge in [-0.25, -0.2) is 4.98 Å². The number of nitrogens with zero attached hydrogens (tertiary/aromatic N) is 1. The summed E-state index contributed by atoms with van der Waals surface area (Å²) in [6, 6.07) is 0. The summed E-state index contributed by atoms with van der Waals surface area (Å²) in [6.07, 6.45) is 8.20. The van der Waals surface area contributed by atoms with Gasteiger partial charge in [0.1, 0.15) is 5.76 Å². The first-order valence-corrected chi connectivity index (χ1v) is 6.31. The quantitative estimate of drug-likeness (QED) is 0.852. The van der Waals surface area contributed by atoms with Gasteiger partial charge in [0.05, 0.1) is 12.7 Å².